The molecule has 5 heteroatoms. The highest BCUT2D eigenvalue weighted by atomic mass is 16.5. The third-order valence-electron chi connectivity index (χ3n) is 3.59. The smallest absolute Gasteiger partial charge is 0.226 e. The van der Waals surface area contributed by atoms with E-state index in [1.807, 2.05) is 0 Å². The van der Waals surface area contributed by atoms with Crippen molar-refractivity contribution in [1.82, 2.24) is 0 Å². The first-order chi connectivity index (χ1) is 9.47. The fourth-order valence-electron chi connectivity index (χ4n) is 2.60. The van der Waals surface area contributed by atoms with Crippen LogP contribution in [0, 0.1) is 0 Å². The third-order valence-corrected chi connectivity index (χ3v) is 3.59. The summed E-state index contributed by atoms with van der Waals surface area (Å²) in [4.78, 5) is 37.7. The van der Waals surface area contributed by atoms with E-state index < -0.39 is 5.72 Å². The van der Waals surface area contributed by atoms with Gasteiger partial charge in [0.15, 0.2) is 0 Å². The minimum absolute atomic E-state index is 0.126. The van der Waals surface area contributed by atoms with Gasteiger partial charge in [0.05, 0.1) is 12.1 Å². The molecule has 1 aromatic carbocycles. The Morgan fingerprint density at radius 2 is 1.95 bits per heavy atom. The van der Waals surface area contributed by atoms with Gasteiger partial charge in [-0.1, -0.05) is 19.1 Å². The van der Waals surface area contributed by atoms with E-state index in [4.69, 9.17) is 4.74 Å². The molecule has 20 heavy (non-hydrogen) atoms. The lowest BCUT2D eigenvalue weighted by atomic mass is 9.98. The van der Waals surface area contributed by atoms with Gasteiger partial charge in [-0.25, -0.2) is 0 Å². The highest BCUT2D eigenvalue weighted by molar-refractivity contribution is 6.20. The number of Topliss-reactive ketones (excluding diaryl/α,β-unsaturated/α-hetero) is 2. The Labute approximate surface area is 117 Å². The molecular weight excluding hydrogens is 258 g/mol. The van der Waals surface area contributed by atoms with Crippen LogP contribution in [0.3, 0.4) is 0 Å². The molecule has 0 aliphatic carbocycles. The average molecular weight is 275 g/mol. The molecule has 0 saturated heterocycles. The van der Waals surface area contributed by atoms with Crippen LogP contribution in [-0.2, 0) is 14.3 Å². The molecule has 1 aliphatic rings. The molecule has 0 saturated carbocycles. The number of ether oxygens (including phenoxy) is 1. The van der Waals surface area contributed by atoms with Gasteiger partial charge in [-0.05, 0) is 12.1 Å². The molecule has 0 aromatic heterocycles. The van der Waals surface area contributed by atoms with Crippen LogP contribution >= 0.6 is 0 Å². The van der Waals surface area contributed by atoms with Crippen molar-refractivity contribution >= 4 is 23.2 Å². The maximum Gasteiger partial charge on any atom is 0.226 e. The molecule has 2 rings (SSSR count). The van der Waals surface area contributed by atoms with Crippen molar-refractivity contribution in [2.45, 2.75) is 32.4 Å². The van der Waals surface area contributed by atoms with Crippen molar-refractivity contribution < 1.29 is 19.1 Å². The number of anilines is 1. The van der Waals surface area contributed by atoms with Crippen LogP contribution in [0.4, 0.5) is 5.69 Å². The molecule has 1 heterocycles. The summed E-state index contributed by atoms with van der Waals surface area (Å²) in [7, 11) is 1.35. The molecule has 0 N–H and O–H groups in total. The summed E-state index contributed by atoms with van der Waals surface area (Å²) in [5, 5.41) is 0. The Morgan fingerprint density at radius 3 is 2.50 bits per heavy atom. The molecule has 0 bridgehead atoms. The topological polar surface area (TPSA) is 63.7 Å². The molecule has 106 valence electrons. The first-order valence-electron chi connectivity index (χ1n) is 6.49. The van der Waals surface area contributed by atoms with Gasteiger partial charge in [-0.3, -0.25) is 19.3 Å². The van der Waals surface area contributed by atoms with Gasteiger partial charge in [-0.2, -0.15) is 0 Å². The van der Waals surface area contributed by atoms with Crippen molar-refractivity contribution in [2.24, 2.45) is 0 Å². The summed E-state index contributed by atoms with van der Waals surface area (Å²) in [6.45, 7) is 3.08. The summed E-state index contributed by atoms with van der Waals surface area (Å²) >= 11 is 0. The molecule has 5 nitrogen and oxygen atoms in total. The Balaban J connectivity index is 2.59. The van der Waals surface area contributed by atoms with Gasteiger partial charge in [0.2, 0.25) is 17.4 Å². The van der Waals surface area contributed by atoms with Gasteiger partial charge >= 0.3 is 0 Å². The van der Waals surface area contributed by atoms with E-state index in [-0.39, 0.29) is 23.9 Å². The number of nitrogens with zero attached hydrogens (tertiary/aromatic N) is 1. The molecular formula is C15H17NO4. The molecule has 1 amide bonds. The van der Waals surface area contributed by atoms with E-state index in [1.54, 1.807) is 31.2 Å². The summed E-state index contributed by atoms with van der Waals surface area (Å²) in [6.07, 6.45) is 0.160. The molecule has 1 aromatic rings. The zero-order chi connectivity index (χ0) is 14.9. The van der Waals surface area contributed by atoms with Crippen LogP contribution in [0.25, 0.3) is 0 Å². The number of rotatable bonds is 4. The first-order valence-corrected chi connectivity index (χ1v) is 6.49. The number of methoxy groups -OCH3 is 1. The Morgan fingerprint density at radius 1 is 1.30 bits per heavy atom. The fourth-order valence-corrected chi connectivity index (χ4v) is 2.60. The summed E-state index contributed by atoms with van der Waals surface area (Å²) in [5.41, 5.74) is -0.632. The van der Waals surface area contributed by atoms with Gasteiger partial charge in [-0.15, -0.1) is 0 Å². The Bertz CT molecular complexity index is 581. The monoisotopic (exact) mass is 275 g/mol. The highest BCUT2D eigenvalue weighted by Gasteiger charge is 2.54. The number of fused-ring (bicyclic) bond motifs is 1. The van der Waals surface area contributed by atoms with Gasteiger partial charge < -0.3 is 4.74 Å². The standard InChI is InChI=1S/C15H17NO4/c1-4-11(18)9-15(20-3)14(19)12-7-5-6-8-13(12)16(15)10(2)17/h5-8H,4,9H2,1-3H3. The number of hydrogen-bond acceptors (Lipinski definition) is 4. The van der Waals surface area contributed by atoms with Crippen molar-refractivity contribution in [1.29, 1.82) is 0 Å². The largest absolute Gasteiger partial charge is 0.351 e. The van der Waals surface area contributed by atoms with Crippen LogP contribution in [0.1, 0.15) is 37.0 Å². The van der Waals surface area contributed by atoms with E-state index in [9.17, 15) is 14.4 Å². The van der Waals surface area contributed by atoms with Gasteiger partial charge in [0.1, 0.15) is 5.78 Å². The maximum absolute atomic E-state index is 12.6. The second-order valence-electron chi connectivity index (χ2n) is 4.76. The minimum Gasteiger partial charge on any atom is -0.351 e. The van der Waals surface area contributed by atoms with E-state index in [0.717, 1.165) is 0 Å². The maximum atomic E-state index is 12.6. The Kier molecular flexibility index (Phi) is 3.72. The average Bonchev–Trinajstić information content (AvgIpc) is 2.69. The third kappa shape index (κ3) is 1.94. The zero-order valence-corrected chi connectivity index (χ0v) is 11.8. The van der Waals surface area contributed by atoms with E-state index in [2.05, 4.69) is 0 Å². The van der Waals surface area contributed by atoms with Gasteiger partial charge in [0.25, 0.3) is 0 Å². The normalized spacial score (nSPS) is 20.9. The predicted molar refractivity (Wildman–Crippen MR) is 73.6 cm³/mol. The van der Waals surface area contributed by atoms with Crippen LogP contribution in [0.5, 0.6) is 0 Å². The SMILES string of the molecule is CCC(=O)CC1(OC)C(=O)c2ccccc2N1C(C)=O. The van der Waals surface area contributed by atoms with Crippen LogP contribution in [-0.4, -0.2) is 30.3 Å². The van der Waals surface area contributed by atoms with Crippen molar-refractivity contribution in [3.63, 3.8) is 0 Å². The fraction of sp³-hybridized carbons (Fsp3) is 0.400. The number of benzene rings is 1. The number of ketones is 2. The first kappa shape index (κ1) is 14.4. The highest BCUT2D eigenvalue weighted by Crippen LogP contribution is 2.41. The number of hydrogen-bond donors (Lipinski definition) is 0. The lowest BCUT2D eigenvalue weighted by molar-refractivity contribution is -0.126. The summed E-state index contributed by atoms with van der Waals surface area (Å²) in [5.74, 6) is -0.791. The number of amides is 1. The van der Waals surface area contributed by atoms with Crippen molar-refractivity contribution in [3.8, 4) is 0 Å². The van der Waals surface area contributed by atoms with E-state index >= 15 is 0 Å². The van der Waals surface area contributed by atoms with Crippen molar-refractivity contribution in [3.05, 3.63) is 29.8 Å². The Hall–Kier alpha value is -2.01. The van der Waals surface area contributed by atoms with E-state index in [0.29, 0.717) is 17.7 Å². The molecule has 1 unspecified atom stereocenters. The zero-order valence-electron chi connectivity index (χ0n) is 11.8. The van der Waals surface area contributed by atoms with Crippen molar-refractivity contribution in [2.75, 3.05) is 12.0 Å². The van der Waals surface area contributed by atoms with E-state index in [1.165, 1.54) is 18.9 Å². The van der Waals surface area contributed by atoms with Gasteiger partial charge in [0, 0.05) is 26.0 Å². The quantitative estimate of drug-likeness (QED) is 0.842. The van der Waals surface area contributed by atoms with Crippen LogP contribution in [0.15, 0.2) is 24.3 Å². The lowest BCUT2D eigenvalue weighted by Gasteiger charge is -2.34. The second kappa shape index (κ2) is 5.17. The van der Waals surface area contributed by atoms with Crippen LogP contribution in [0.2, 0.25) is 0 Å². The lowest BCUT2D eigenvalue weighted by Crippen LogP contribution is -2.55. The molecule has 1 aliphatic heterocycles. The van der Waals surface area contributed by atoms with Crippen LogP contribution < -0.4 is 4.90 Å². The summed E-state index contributed by atoms with van der Waals surface area (Å²) < 4.78 is 5.37. The molecule has 1 atom stereocenters. The number of para-hydroxylation sites is 1. The molecule has 0 fully saturated rings. The summed E-state index contributed by atoms with van der Waals surface area (Å²) in [6, 6.07) is 6.80. The second-order valence-corrected chi connectivity index (χ2v) is 4.76. The number of carbonyl (C=O) groups excluding carboxylic acids is 3. The molecule has 0 radical (unpaired) electrons. The predicted octanol–water partition coefficient (Wildman–Crippen LogP) is 1.95. The minimum atomic E-state index is -1.54. The molecule has 0 spiro atoms. The number of carbonyl (C=O) groups is 3.